The number of amides is 1. The number of methoxy groups -OCH3 is 1. The number of aryl methyl sites for hydroxylation is 2. The number of ketones is 1. The third-order valence-electron chi connectivity index (χ3n) is 7.18. The van der Waals surface area contributed by atoms with Crippen molar-refractivity contribution >= 4 is 17.4 Å². The van der Waals surface area contributed by atoms with Crippen molar-refractivity contribution in [3.8, 4) is 11.5 Å². The molecule has 1 N–H and O–H groups in total. The molecule has 1 amide bonds. The fraction of sp³-hybridized carbons (Fsp3) is 0.290. The smallest absolute Gasteiger partial charge is 0.295 e. The molecule has 0 spiro atoms. The monoisotopic (exact) mass is 497 g/mol. The van der Waals surface area contributed by atoms with Gasteiger partial charge in [-0.3, -0.25) is 9.59 Å². The highest BCUT2D eigenvalue weighted by Crippen LogP contribution is 2.42. The predicted molar refractivity (Wildman–Crippen MR) is 142 cm³/mol. The van der Waals surface area contributed by atoms with Gasteiger partial charge in [0.1, 0.15) is 17.3 Å². The van der Waals surface area contributed by atoms with Gasteiger partial charge in [0, 0.05) is 11.1 Å². The van der Waals surface area contributed by atoms with Crippen LogP contribution in [0.1, 0.15) is 53.6 Å². The first kappa shape index (κ1) is 24.6. The van der Waals surface area contributed by atoms with Crippen LogP contribution in [0, 0.1) is 0 Å². The number of Topliss-reactive ketones (excluding diaryl/α,β-unsaturated/α-hetero) is 1. The quantitative estimate of drug-likeness (QED) is 0.261. The van der Waals surface area contributed by atoms with Gasteiger partial charge in [-0.05, 0) is 73.6 Å². The van der Waals surface area contributed by atoms with Crippen LogP contribution in [0.2, 0.25) is 0 Å². The van der Waals surface area contributed by atoms with Crippen molar-refractivity contribution in [2.24, 2.45) is 0 Å². The van der Waals surface area contributed by atoms with Crippen molar-refractivity contribution in [1.82, 2.24) is 4.90 Å². The van der Waals surface area contributed by atoms with Gasteiger partial charge in [0.2, 0.25) is 0 Å². The Morgan fingerprint density at radius 3 is 2.54 bits per heavy atom. The summed E-state index contributed by atoms with van der Waals surface area (Å²) in [5, 5.41) is 11.5. The number of carbonyl (C=O) groups excluding carboxylic acids is 2. The molecule has 6 heteroatoms. The summed E-state index contributed by atoms with van der Waals surface area (Å²) < 4.78 is 11.2. The lowest BCUT2D eigenvalue weighted by Gasteiger charge is -2.26. The van der Waals surface area contributed by atoms with Gasteiger partial charge in [-0.25, -0.2) is 0 Å². The van der Waals surface area contributed by atoms with Crippen LogP contribution in [0.15, 0.2) is 72.3 Å². The van der Waals surface area contributed by atoms with E-state index in [0.717, 1.165) is 31.2 Å². The molecule has 1 aliphatic carbocycles. The van der Waals surface area contributed by atoms with Crippen LogP contribution in [0.3, 0.4) is 0 Å². The molecule has 1 heterocycles. The Kier molecular flexibility index (Phi) is 6.99. The van der Waals surface area contributed by atoms with Gasteiger partial charge in [-0.2, -0.15) is 0 Å². The zero-order chi connectivity index (χ0) is 25.9. The van der Waals surface area contributed by atoms with Crippen molar-refractivity contribution in [3.63, 3.8) is 0 Å². The van der Waals surface area contributed by atoms with Gasteiger partial charge in [0.25, 0.3) is 11.7 Å². The maximum absolute atomic E-state index is 13.5. The SMILES string of the molecule is CCOc1cccc(C2/C(=C(/O)c3ccc4c(c3)CCCC4)C(=O)C(=O)N2Cc2ccccc2OC)c1. The van der Waals surface area contributed by atoms with Crippen LogP contribution in [0.4, 0.5) is 0 Å². The summed E-state index contributed by atoms with van der Waals surface area (Å²) in [4.78, 5) is 28.4. The van der Waals surface area contributed by atoms with Crippen molar-refractivity contribution in [1.29, 1.82) is 0 Å². The molecule has 37 heavy (non-hydrogen) atoms. The minimum atomic E-state index is -0.777. The van der Waals surface area contributed by atoms with Crippen molar-refractivity contribution < 1.29 is 24.2 Å². The summed E-state index contributed by atoms with van der Waals surface area (Å²) in [6.45, 7) is 2.54. The number of ether oxygens (including phenoxy) is 2. The van der Waals surface area contributed by atoms with E-state index in [9.17, 15) is 14.7 Å². The van der Waals surface area contributed by atoms with Crippen LogP contribution in [-0.4, -0.2) is 35.4 Å². The summed E-state index contributed by atoms with van der Waals surface area (Å²) in [6, 6.07) is 19.8. The number of aliphatic hydroxyl groups excluding tert-OH is 1. The molecule has 0 radical (unpaired) electrons. The Morgan fingerprint density at radius 1 is 0.973 bits per heavy atom. The van der Waals surface area contributed by atoms with Gasteiger partial charge < -0.3 is 19.5 Å². The van der Waals surface area contributed by atoms with E-state index in [1.807, 2.05) is 73.7 Å². The van der Waals surface area contributed by atoms with Crippen molar-refractivity contribution in [2.75, 3.05) is 13.7 Å². The maximum atomic E-state index is 13.5. The molecule has 3 aromatic rings. The molecule has 2 aliphatic rings. The molecule has 1 fully saturated rings. The summed E-state index contributed by atoms with van der Waals surface area (Å²) in [7, 11) is 1.58. The number of hydrogen-bond acceptors (Lipinski definition) is 5. The number of benzene rings is 3. The van der Waals surface area contributed by atoms with E-state index < -0.39 is 17.7 Å². The Balaban J connectivity index is 1.64. The number of rotatable bonds is 7. The van der Waals surface area contributed by atoms with Crippen LogP contribution in [-0.2, 0) is 29.0 Å². The first-order valence-electron chi connectivity index (χ1n) is 12.8. The van der Waals surface area contributed by atoms with Gasteiger partial charge in [0.15, 0.2) is 0 Å². The number of likely N-dealkylation sites (tertiary alicyclic amines) is 1. The van der Waals surface area contributed by atoms with Crippen LogP contribution in [0.5, 0.6) is 11.5 Å². The summed E-state index contributed by atoms with van der Waals surface area (Å²) >= 11 is 0. The molecular weight excluding hydrogens is 466 g/mol. The standard InChI is InChI=1S/C31H31NO5/c1-3-37-25-13-8-12-22(18-25)28-27(29(33)23-16-15-20-9-4-5-10-21(20)17-23)30(34)31(35)32(28)19-24-11-6-7-14-26(24)36-2/h6-8,11-18,28,33H,3-5,9-10,19H2,1-2H3/b29-27-. The lowest BCUT2D eigenvalue weighted by molar-refractivity contribution is -0.140. The van der Waals surface area contributed by atoms with E-state index in [4.69, 9.17) is 9.47 Å². The molecule has 0 saturated carbocycles. The summed E-state index contributed by atoms with van der Waals surface area (Å²) in [5.41, 5.74) is 4.58. The summed E-state index contributed by atoms with van der Waals surface area (Å²) in [6.07, 6.45) is 4.22. The van der Waals surface area contributed by atoms with Crippen LogP contribution < -0.4 is 9.47 Å². The second-order valence-electron chi connectivity index (χ2n) is 9.43. The number of para-hydroxylation sites is 1. The van der Waals surface area contributed by atoms with Gasteiger partial charge in [-0.15, -0.1) is 0 Å². The average molecular weight is 498 g/mol. The van der Waals surface area contributed by atoms with E-state index in [0.29, 0.717) is 29.2 Å². The molecule has 1 unspecified atom stereocenters. The molecule has 6 nitrogen and oxygen atoms in total. The molecule has 190 valence electrons. The lowest BCUT2D eigenvalue weighted by Crippen LogP contribution is -2.29. The number of carbonyl (C=O) groups is 2. The Hall–Kier alpha value is -4.06. The summed E-state index contributed by atoms with van der Waals surface area (Å²) in [5.74, 6) is -0.243. The van der Waals surface area contributed by atoms with Gasteiger partial charge in [-0.1, -0.05) is 42.5 Å². The highest BCUT2D eigenvalue weighted by Gasteiger charge is 2.46. The van der Waals surface area contributed by atoms with Crippen molar-refractivity contribution in [3.05, 3.63) is 100 Å². The zero-order valence-electron chi connectivity index (χ0n) is 21.2. The number of aliphatic hydroxyl groups is 1. The third-order valence-corrected chi connectivity index (χ3v) is 7.18. The Morgan fingerprint density at radius 2 is 1.76 bits per heavy atom. The van der Waals surface area contributed by atoms with E-state index >= 15 is 0 Å². The highest BCUT2D eigenvalue weighted by molar-refractivity contribution is 6.46. The average Bonchev–Trinajstić information content (AvgIpc) is 3.18. The van der Waals surface area contributed by atoms with Gasteiger partial charge in [0.05, 0.1) is 31.9 Å². The second-order valence-corrected chi connectivity index (χ2v) is 9.43. The van der Waals surface area contributed by atoms with Crippen LogP contribution in [0.25, 0.3) is 5.76 Å². The fourth-order valence-electron chi connectivity index (χ4n) is 5.38. The molecule has 1 saturated heterocycles. The largest absolute Gasteiger partial charge is 0.507 e. The maximum Gasteiger partial charge on any atom is 0.295 e. The first-order valence-corrected chi connectivity index (χ1v) is 12.8. The molecule has 1 aliphatic heterocycles. The van der Waals surface area contributed by atoms with E-state index in [1.165, 1.54) is 16.0 Å². The highest BCUT2D eigenvalue weighted by atomic mass is 16.5. The molecule has 0 aromatic heterocycles. The van der Waals surface area contributed by atoms with E-state index in [1.54, 1.807) is 7.11 Å². The van der Waals surface area contributed by atoms with Gasteiger partial charge >= 0.3 is 0 Å². The molecule has 3 aromatic carbocycles. The fourth-order valence-corrected chi connectivity index (χ4v) is 5.38. The molecule has 0 bridgehead atoms. The van der Waals surface area contributed by atoms with E-state index in [-0.39, 0.29) is 17.9 Å². The molecule has 1 atom stereocenters. The second kappa shape index (κ2) is 10.5. The Labute approximate surface area is 217 Å². The van der Waals surface area contributed by atoms with Crippen LogP contribution >= 0.6 is 0 Å². The third kappa shape index (κ3) is 4.71. The van der Waals surface area contributed by atoms with E-state index in [2.05, 4.69) is 0 Å². The normalized spacial score (nSPS) is 18.5. The minimum Gasteiger partial charge on any atom is -0.507 e. The number of nitrogens with zero attached hydrogens (tertiary/aromatic N) is 1. The topological polar surface area (TPSA) is 76.1 Å². The zero-order valence-corrected chi connectivity index (χ0v) is 21.2. The Bertz CT molecular complexity index is 1380. The first-order chi connectivity index (χ1) is 18.0. The number of fused-ring (bicyclic) bond motifs is 1. The predicted octanol–water partition coefficient (Wildman–Crippen LogP) is 5.59. The molecule has 5 rings (SSSR count). The number of hydrogen-bond donors (Lipinski definition) is 1. The van der Waals surface area contributed by atoms with Crippen molar-refractivity contribution in [2.45, 2.75) is 45.2 Å². The minimum absolute atomic E-state index is 0.0873. The molecular formula is C31H31NO5. The lowest BCUT2D eigenvalue weighted by atomic mass is 9.88.